The molecular weight excluding hydrogens is 301 g/mol. The lowest BCUT2D eigenvalue weighted by molar-refractivity contribution is 0.667. The molecule has 1 aromatic carbocycles. The molecule has 0 saturated carbocycles. The SMILES string of the molecule is CCCNCc1csc(Nc2ccc(Cl)c(Cl)c2)n1. The second-order valence-corrected chi connectivity index (χ2v) is 5.75. The van der Waals surface area contributed by atoms with Crippen molar-refractivity contribution in [2.45, 2.75) is 19.9 Å². The molecule has 2 N–H and O–H groups in total. The molecule has 3 nitrogen and oxygen atoms in total. The highest BCUT2D eigenvalue weighted by Gasteiger charge is 2.04. The van der Waals surface area contributed by atoms with Crippen LogP contribution < -0.4 is 10.6 Å². The van der Waals surface area contributed by atoms with Crippen LogP contribution in [0.15, 0.2) is 23.6 Å². The fourth-order valence-electron chi connectivity index (χ4n) is 1.54. The summed E-state index contributed by atoms with van der Waals surface area (Å²) in [6.45, 7) is 3.95. The van der Waals surface area contributed by atoms with E-state index in [1.165, 1.54) is 0 Å². The molecule has 0 spiro atoms. The molecule has 0 radical (unpaired) electrons. The Labute approximate surface area is 127 Å². The van der Waals surface area contributed by atoms with Crippen LogP contribution in [0.25, 0.3) is 0 Å². The number of nitrogens with zero attached hydrogens (tertiary/aromatic N) is 1. The summed E-state index contributed by atoms with van der Waals surface area (Å²) >= 11 is 13.4. The fourth-order valence-corrected chi connectivity index (χ4v) is 2.56. The molecule has 0 aliphatic rings. The first kappa shape index (κ1) is 14.6. The van der Waals surface area contributed by atoms with Gasteiger partial charge in [0.25, 0.3) is 0 Å². The maximum absolute atomic E-state index is 5.97. The summed E-state index contributed by atoms with van der Waals surface area (Å²) in [5.41, 5.74) is 1.93. The van der Waals surface area contributed by atoms with Crippen LogP contribution in [0.1, 0.15) is 19.0 Å². The van der Waals surface area contributed by atoms with Crippen molar-refractivity contribution in [3.8, 4) is 0 Å². The molecule has 0 bridgehead atoms. The lowest BCUT2D eigenvalue weighted by Crippen LogP contribution is -2.13. The number of halogens is 2. The lowest BCUT2D eigenvalue weighted by atomic mass is 10.3. The summed E-state index contributed by atoms with van der Waals surface area (Å²) in [4.78, 5) is 4.50. The standard InChI is InChI=1S/C13H15Cl2N3S/c1-2-5-16-7-10-8-19-13(18-10)17-9-3-4-11(14)12(15)6-9/h3-4,6,8,16H,2,5,7H2,1H3,(H,17,18). The van der Waals surface area contributed by atoms with Crippen LogP contribution in [0.3, 0.4) is 0 Å². The number of nitrogens with one attached hydrogen (secondary N) is 2. The minimum Gasteiger partial charge on any atom is -0.331 e. The van der Waals surface area contributed by atoms with Crippen molar-refractivity contribution >= 4 is 45.4 Å². The van der Waals surface area contributed by atoms with Crippen LogP contribution >= 0.6 is 34.5 Å². The van der Waals surface area contributed by atoms with Gasteiger partial charge in [-0.1, -0.05) is 30.1 Å². The molecule has 1 aromatic heterocycles. The molecule has 0 aliphatic heterocycles. The van der Waals surface area contributed by atoms with Crippen molar-refractivity contribution in [2.75, 3.05) is 11.9 Å². The first-order chi connectivity index (χ1) is 9.19. The van der Waals surface area contributed by atoms with Crippen LogP contribution in [-0.4, -0.2) is 11.5 Å². The second-order valence-electron chi connectivity index (χ2n) is 4.07. The van der Waals surface area contributed by atoms with Gasteiger partial charge in [0.15, 0.2) is 5.13 Å². The summed E-state index contributed by atoms with van der Waals surface area (Å²) in [5.74, 6) is 0. The van der Waals surface area contributed by atoms with E-state index in [0.717, 1.165) is 36.0 Å². The van der Waals surface area contributed by atoms with E-state index in [2.05, 4.69) is 22.5 Å². The van der Waals surface area contributed by atoms with Crippen molar-refractivity contribution in [1.82, 2.24) is 10.3 Å². The van der Waals surface area contributed by atoms with Crippen molar-refractivity contribution in [2.24, 2.45) is 0 Å². The summed E-state index contributed by atoms with van der Waals surface area (Å²) in [7, 11) is 0. The molecule has 6 heteroatoms. The Hall–Kier alpha value is -0.810. The molecule has 0 fully saturated rings. The van der Waals surface area contributed by atoms with Gasteiger partial charge < -0.3 is 10.6 Å². The van der Waals surface area contributed by atoms with E-state index in [-0.39, 0.29) is 0 Å². The van der Waals surface area contributed by atoms with Gasteiger partial charge in [-0.15, -0.1) is 11.3 Å². The van der Waals surface area contributed by atoms with Crippen LogP contribution in [0.5, 0.6) is 0 Å². The zero-order valence-electron chi connectivity index (χ0n) is 10.5. The normalized spacial score (nSPS) is 10.7. The molecule has 2 rings (SSSR count). The molecule has 0 aliphatic carbocycles. The van der Waals surface area contributed by atoms with Crippen LogP contribution in [0.2, 0.25) is 10.0 Å². The minimum atomic E-state index is 0.535. The Morgan fingerprint density at radius 3 is 2.84 bits per heavy atom. The first-order valence-corrected chi connectivity index (χ1v) is 7.70. The molecule has 102 valence electrons. The third-order valence-electron chi connectivity index (χ3n) is 2.46. The van der Waals surface area contributed by atoms with E-state index < -0.39 is 0 Å². The number of anilines is 2. The van der Waals surface area contributed by atoms with Gasteiger partial charge in [0.1, 0.15) is 0 Å². The minimum absolute atomic E-state index is 0.535. The summed E-state index contributed by atoms with van der Waals surface area (Å²) in [5, 5.41) is 10.5. The number of hydrogen-bond acceptors (Lipinski definition) is 4. The van der Waals surface area contributed by atoms with Gasteiger partial charge in [-0.05, 0) is 31.2 Å². The lowest BCUT2D eigenvalue weighted by Gasteiger charge is -2.04. The van der Waals surface area contributed by atoms with Crippen molar-refractivity contribution in [3.63, 3.8) is 0 Å². The third-order valence-corrected chi connectivity index (χ3v) is 4.00. The number of rotatable bonds is 6. The van der Waals surface area contributed by atoms with Gasteiger partial charge in [0, 0.05) is 17.6 Å². The van der Waals surface area contributed by atoms with Gasteiger partial charge in [-0.3, -0.25) is 0 Å². The zero-order chi connectivity index (χ0) is 13.7. The molecular formula is C13H15Cl2N3S. The largest absolute Gasteiger partial charge is 0.331 e. The summed E-state index contributed by atoms with van der Waals surface area (Å²) in [6, 6.07) is 5.44. The highest BCUT2D eigenvalue weighted by atomic mass is 35.5. The Balaban J connectivity index is 1.97. The molecule has 0 atom stereocenters. The van der Waals surface area contributed by atoms with E-state index in [1.54, 1.807) is 23.5 Å². The van der Waals surface area contributed by atoms with E-state index in [9.17, 15) is 0 Å². The predicted molar refractivity (Wildman–Crippen MR) is 83.9 cm³/mol. The van der Waals surface area contributed by atoms with Crippen molar-refractivity contribution in [3.05, 3.63) is 39.3 Å². The molecule has 0 amide bonds. The monoisotopic (exact) mass is 315 g/mol. The van der Waals surface area contributed by atoms with Gasteiger partial charge >= 0.3 is 0 Å². The Morgan fingerprint density at radius 1 is 1.26 bits per heavy atom. The van der Waals surface area contributed by atoms with Crippen LogP contribution in [0.4, 0.5) is 10.8 Å². The number of hydrogen-bond donors (Lipinski definition) is 2. The fraction of sp³-hybridized carbons (Fsp3) is 0.308. The highest BCUT2D eigenvalue weighted by Crippen LogP contribution is 2.27. The molecule has 0 unspecified atom stereocenters. The third kappa shape index (κ3) is 4.35. The Kier molecular flexibility index (Phi) is 5.45. The topological polar surface area (TPSA) is 37.0 Å². The zero-order valence-corrected chi connectivity index (χ0v) is 12.9. The highest BCUT2D eigenvalue weighted by molar-refractivity contribution is 7.13. The van der Waals surface area contributed by atoms with Crippen LogP contribution in [0, 0.1) is 0 Å². The Morgan fingerprint density at radius 2 is 2.11 bits per heavy atom. The number of aromatic nitrogens is 1. The van der Waals surface area contributed by atoms with Crippen LogP contribution in [-0.2, 0) is 6.54 Å². The smallest absolute Gasteiger partial charge is 0.187 e. The van der Waals surface area contributed by atoms with E-state index in [4.69, 9.17) is 23.2 Å². The second kappa shape index (κ2) is 7.10. The molecule has 19 heavy (non-hydrogen) atoms. The molecule has 1 heterocycles. The quantitative estimate of drug-likeness (QED) is 0.759. The number of benzene rings is 1. The van der Waals surface area contributed by atoms with Gasteiger partial charge in [-0.2, -0.15) is 0 Å². The maximum atomic E-state index is 5.97. The number of thiazole rings is 1. The van der Waals surface area contributed by atoms with E-state index in [1.807, 2.05) is 11.4 Å². The van der Waals surface area contributed by atoms with Crippen molar-refractivity contribution in [1.29, 1.82) is 0 Å². The van der Waals surface area contributed by atoms with Gasteiger partial charge in [-0.25, -0.2) is 4.98 Å². The van der Waals surface area contributed by atoms with E-state index >= 15 is 0 Å². The molecule has 2 aromatic rings. The predicted octanol–water partition coefficient (Wildman–Crippen LogP) is 4.69. The summed E-state index contributed by atoms with van der Waals surface area (Å²) in [6.07, 6.45) is 1.12. The van der Waals surface area contributed by atoms with Gasteiger partial charge in [0.05, 0.1) is 15.7 Å². The van der Waals surface area contributed by atoms with Gasteiger partial charge in [0.2, 0.25) is 0 Å². The van der Waals surface area contributed by atoms with Crippen molar-refractivity contribution < 1.29 is 0 Å². The maximum Gasteiger partial charge on any atom is 0.187 e. The average molecular weight is 316 g/mol. The first-order valence-electron chi connectivity index (χ1n) is 6.06. The van der Waals surface area contributed by atoms with E-state index in [0.29, 0.717) is 10.0 Å². The Bertz CT molecular complexity index is 542. The molecule has 0 saturated heterocycles. The summed E-state index contributed by atoms with van der Waals surface area (Å²) < 4.78 is 0. The average Bonchev–Trinajstić information content (AvgIpc) is 2.82.